The molecule has 0 saturated carbocycles. The van der Waals surface area contributed by atoms with E-state index < -0.39 is 6.10 Å². The quantitative estimate of drug-likeness (QED) is 0.408. The minimum absolute atomic E-state index is 0.287. The molecule has 1 amide bonds. The Morgan fingerprint density at radius 2 is 2.25 bits per heavy atom. The van der Waals surface area contributed by atoms with E-state index in [1.165, 1.54) is 11.3 Å². The van der Waals surface area contributed by atoms with Crippen molar-refractivity contribution >= 4 is 46.2 Å². The molecule has 2 N–H and O–H groups in total. The van der Waals surface area contributed by atoms with Crippen LogP contribution in [0.4, 0.5) is 5.13 Å². The minimum atomic E-state index is -0.683. The molecule has 146 valence electrons. The van der Waals surface area contributed by atoms with Crippen LogP contribution in [0, 0.1) is 4.77 Å². The number of ether oxygens (including phenoxy) is 1. The average Bonchev–Trinajstić information content (AvgIpc) is 3.25. The summed E-state index contributed by atoms with van der Waals surface area (Å²) in [5.41, 5.74) is 0.783. The van der Waals surface area contributed by atoms with Gasteiger partial charge in [-0.15, -0.1) is 17.9 Å². The van der Waals surface area contributed by atoms with Gasteiger partial charge >= 0.3 is 0 Å². The molecule has 3 rings (SSSR count). The maximum atomic E-state index is 12.4. The van der Waals surface area contributed by atoms with E-state index in [2.05, 4.69) is 27.1 Å². The van der Waals surface area contributed by atoms with Crippen molar-refractivity contribution < 1.29 is 9.53 Å². The van der Waals surface area contributed by atoms with Crippen LogP contribution < -0.4 is 10.1 Å². The second-order valence-electron chi connectivity index (χ2n) is 5.87. The predicted molar refractivity (Wildman–Crippen MR) is 113 cm³/mol. The number of rotatable bonds is 8. The molecule has 2 heterocycles. The molecule has 3 aromatic rings. The lowest BCUT2D eigenvalue weighted by Crippen LogP contribution is -2.30. The van der Waals surface area contributed by atoms with Crippen molar-refractivity contribution in [3.05, 3.63) is 63.6 Å². The van der Waals surface area contributed by atoms with Crippen molar-refractivity contribution in [3.8, 4) is 5.75 Å². The third-order valence-corrected chi connectivity index (χ3v) is 5.14. The van der Waals surface area contributed by atoms with Gasteiger partial charge in [-0.05, 0) is 43.4 Å². The molecule has 0 spiro atoms. The number of carbonyl (C=O) groups excluding carboxylic acids is 1. The zero-order valence-corrected chi connectivity index (χ0v) is 17.4. The fourth-order valence-corrected chi connectivity index (χ4v) is 3.45. The number of aromatic nitrogens is 4. The number of allylic oxidation sites excluding steroid dienone is 1. The number of hydrogen-bond acceptors (Lipinski definition) is 6. The van der Waals surface area contributed by atoms with Crippen molar-refractivity contribution in [1.29, 1.82) is 0 Å². The zero-order chi connectivity index (χ0) is 20.1. The van der Waals surface area contributed by atoms with Gasteiger partial charge in [0.1, 0.15) is 11.6 Å². The van der Waals surface area contributed by atoms with Gasteiger partial charge in [-0.1, -0.05) is 17.7 Å². The number of thiazole rings is 1. The van der Waals surface area contributed by atoms with Gasteiger partial charge < -0.3 is 4.74 Å². The highest BCUT2D eigenvalue weighted by atomic mass is 35.5. The Balaban J connectivity index is 1.60. The number of hydrogen-bond donors (Lipinski definition) is 2. The molecule has 7 nitrogen and oxygen atoms in total. The summed E-state index contributed by atoms with van der Waals surface area (Å²) in [4.78, 5) is 16.8. The Morgan fingerprint density at radius 1 is 1.50 bits per heavy atom. The molecule has 0 aliphatic heterocycles. The first kappa shape index (κ1) is 20.2. The Bertz CT molecular complexity index is 1030. The molecule has 1 aromatic carbocycles. The molecule has 0 bridgehead atoms. The molecule has 10 heteroatoms. The zero-order valence-electron chi connectivity index (χ0n) is 15.0. The predicted octanol–water partition coefficient (Wildman–Crippen LogP) is 4.23. The lowest BCUT2D eigenvalue weighted by molar-refractivity contribution is -0.122. The highest BCUT2D eigenvalue weighted by Gasteiger charge is 2.17. The van der Waals surface area contributed by atoms with Crippen LogP contribution in [0.15, 0.2) is 42.3 Å². The van der Waals surface area contributed by atoms with Crippen LogP contribution in [0.2, 0.25) is 5.02 Å². The molecular formula is C18H18ClN5O2S2. The first-order valence-electron chi connectivity index (χ1n) is 8.38. The van der Waals surface area contributed by atoms with E-state index >= 15 is 0 Å². The third kappa shape index (κ3) is 5.06. The minimum Gasteiger partial charge on any atom is -0.481 e. The van der Waals surface area contributed by atoms with Gasteiger partial charge in [-0.25, -0.2) is 4.98 Å². The highest BCUT2D eigenvalue weighted by Crippen LogP contribution is 2.20. The van der Waals surface area contributed by atoms with E-state index in [1.807, 2.05) is 9.95 Å². The Kier molecular flexibility index (Phi) is 6.61. The van der Waals surface area contributed by atoms with Crippen molar-refractivity contribution in [2.24, 2.45) is 0 Å². The van der Waals surface area contributed by atoms with Gasteiger partial charge in [0.25, 0.3) is 5.91 Å². The molecule has 1 atom stereocenters. The summed E-state index contributed by atoms with van der Waals surface area (Å²) in [5.74, 6) is 1.04. The normalized spacial score (nSPS) is 11.8. The van der Waals surface area contributed by atoms with Gasteiger partial charge in [0, 0.05) is 16.9 Å². The molecule has 0 fully saturated rings. The van der Waals surface area contributed by atoms with Crippen molar-refractivity contribution in [2.45, 2.75) is 26.0 Å². The fraction of sp³-hybridized carbons (Fsp3) is 0.222. The lowest BCUT2D eigenvalue weighted by Gasteiger charge is -2.13. The number of nitrogens with one attached hydrogen (secondary N) is 2. The molecule has 1 unspecified atom stereocenters. The van der Waals surface area contributed by atoms with Gasteiger partial charge in [0.15, 0.2) is 16.0 Å². The maximum absolute atomic E-state index is 12.4. The summed E-state index contributed by atoms with van der Waals surface area (Å²) in [7, 11) is 0. The van der Waals surface area contributed by atoms with Crippen molar-refractivity contribution in [3.63, 3.8) is 0 Å². The summed E-state index contributed by atoms with van der Waals surface area (Å²) in [5, 5.41) is 12.7. The van der Waals surface area contributed by atoms with Gasteiger partial charge in [-0.3, -0.25) is 19.8 Å². The second kappa shape index (κ2) is 9.13. The van der Waals surface area contributed by atoms with Gasteiger partial charge in [0.2, 0.25) is 0 Å². The summed E-state index contributed by atoms with van der Waals surface area (Å²) in [6.07, 6.45) is 1.56. The average molecular weight is 436 g/mol. The monoisotopic (exact) mass is 435 g/mol. The standard InChI is InChI=1S/C18H18ClN5O2S2/c1-3-8-24-15(22-23-18(24)27)9-13-10-28-17(20-13)21-16(25)11(2)26-14-6-4-12(19)5-7-14/h3-7,10-11H,1,8-9H2,2H3,(H,23,27)(H,20,21,25). The summed E-state index contributed by atoms with van der Waals surface area (Å²) < 4.78 is 8.00. The van der Waals surface area contributed by atoms with Crippen LogP contribution in [0.25, 0.3) is 0 Å². The Labute approximate surface area is 176 Å². The Morgan fingerprint density at radius 3 is 2.96 bits per heavy atom. The fourth-order valence-electron chi connectivity index (χ4n) is 2.39. The molecule has 0 saturated heterocycles. The number of anilines is 1. The first-order valence-corrected chi connectivity index (χ1v) is 10.1. The third-order valence-electron chi connectivity index (χ3n) is 3.77. The highest BCUT2D eigenvalue weighted by molar-refractivity contribution is 7.71. The molecule has 0 aliphatic rings. The van der Waals surface area contributed by atoms with Crippen molar-refractivity contribution in [2.75, 3.05) is 5.32 Å². The van der Waals surface area contributed by atoms with E-state index in [1.54, 1.807) is 37.3 Å². The van der Waals surface area contributed by atoms with Crippen LogP contribution >= 0.6 is 35.2 Å². The Hall–Kier alpha value is -2.49. The molecular weight excluding hydrogens is 418 g/mol. The first-order chi connectivity index (χ1) is 13.5. The molecule has 2 aromatic heterocycles. The van der Waals surface area contributed by atoms with Crippen LogP contribution in [0.3, 0.4) is 0 Å². The SMILES string of the molecule is C=CCn1c(Cc2csc(NC(=O)C(C)Oc3ccc(Cl)cc3)n2)n[nH]c1=S. The topological polar surface area (TPSA) is 84.8 Å². The molecule has 0 radical (unpaired) electrons. The summed E-state index contributed by atoms with van der Waals surface area (Å²) in [6, 6.07) is 6.83. The lowest BCUT2D eigenvalue weighted by atomic mass is 10.3. The van der Waals surface area contributed by atoms with Crippen LogP contribution in [-0.2, 0) is 17.8 Å². The maximum Gasteiger partial charge on any atom is 0.266 e. The van der Waals surface area contributed by atoms with E-state index in [-0.39, 0.29) is 5.91 Å². The number of aromatic amines is 1. The largest absolute Gasteiger partial charge is 0.481 e. The number of benzene rings is 1. The van der Waals surface area contributed by atoms with Crippen molar-refractivity contribution in [1.82, 2.24) is 19.7 Å². The van der Waals surface area contributed by atoms with E-state index in [4.69, 9.17) is 28.6 Å². The number of nitrogens with zero attached hydrogens (tertiary/aromatic N) is 3. The van der Waals surface area contributed by atoms with E-state index in [0.29, 0.717) is 33.6 Å². The van der Waals surface area contributed by atoms with Crippen LogP contribution in [0.5, 0.6) is 5.75 Å². The van der Waals surface area contributed by atoms with Gasteiger partial charge in [-0.2, -0.15) is 5.10 Å². The molecule has 0 aliphatic carbocycles. The smallest absolute Gasteiger partial charge is 0.266 e. The van der Waals surface area contributed by atoms with E-state index in [9.17, 15) is 4.79 Å². The second-order valence-corrected chi connectivity index (χ2v) is 7.55. The number of carbonyl (C=O) groups is 1. The number of H-pyrrole nitrogens is 1. The van der Waals surface area contributed by atoms with E-state index in [0.717, 1.165) is 11.5 Å². The summed E-state index contributed by atoms with van der Waals surface area (Å²) in [6.45, 7) is 5.96. The van der Waals surface area contributed by atoms with Crippen LogP contribution in [-0.4, -0.2) is 31.8 Å². The van der Waals surface area contributed by atoms with Gasteiger partial charge in [0.05, 0.1) is 12.1 Å². The van der Waals surface area contributed by atoms with Crippen LogP contribution in [0.1, 0.15) is 18.4 Å². The molecule has 28 heavy (non-hydrogen) atoms. The summed E-state index contributed by atoms with van der Waals surface area (Å²) >= 11 is 12.4. The number of amides is 1. The number of halogens is 1.